The van der Waals surface area contributed by atoms with E-state index in [0.717, 1.165) is 13.0 Å². The van der Waals surface area contributed by atoms with Gasteiger partial charge in [0.1, 0.15) is 0 Å². The molecule has 2 aliphatic rings. The standard InChI is InChI=1S/C9H16N2O2/c1-6-8(2-3-10-6)9(13)11-4-7(12)5-11/h6-8,10,12H,2-5H2,1H3. The zero-order valence-corrected chi connectivity index (χ0v) is 7.86. The van der Waals surface area contributed by atoms with Crippen LogP contribution < -0.4 is 5.32 Å². The number of aliphatic hydroxyl groups is 1. The van der Waals surface area contributed by atoms with Crippen LogP contribution in [0.25, 0.3) is 0 Å². The Morgan fingerprint density at radius 2 is 2.23 bits per heavy atom. The van der Waals surface area contributed by atoms with Gasteiger partial charge in [-0.15, -0.1) is 0 Å². The van der Waals surface area contributed by atoms with Gasteiger partial charge in [0, 0.05) is 19.1 Å². The van der Waals surface area contributed by atoms with Crippen LogP contribution in [0.5, 0.6) is 0 Å². The van der Waals surface area contributed by atoms with Crippen LogP contribution in [0.2, 0.25) is 0 Å². The van der Waals surface area contributed by atoms with Crippen LogP contribution in [0.15, 0.2) is 0 Å². The van der Waals surface area contributed by atoms with E-state index in [1.165, 1.54) is 0 Å². The van der Waals surface area contributed by atoms with Crippen LogP contribution in [0, 0.1) is 5.92 Å². The topological polar surface area (TPSA) is 52.6 Å². The van der Waals surface area contributed by atoms with Gasteiger partial charge in [-0.05, 0) is 19.9 Å². The number of β-amino-alcohol motifs (C(OH)–C–C–N with tert-alkyl or cyclic N) is 1. The smallest absolute Gasteiger partial charge is 0.227 e. The Balaban J connectivity index is 1.89. The van der Waals surface area contributed by atoms with Crippen molar-refractivity contribution in [1.82, 2.24) is 10.2 Å². The van der Waals surface area contributed by atoms with Crippen molar-refractivity contribution in [2.24, 2.45) is 5.92 Å². The Bertz CT molecular complexity index is 214. The van der Waals surface area contributed by atoms with E-state index in [4.69, 9.17) is 5.11 Å². The van der Waals surface area contributed by atoms with E-state index in [-0.39, 0.29) is 17.9 Å². The lowest BCUT2D eigenvalue weighted by atomic mass is 9.98. The monoisotopic (exact) mass is 184 g/mol. The maximum atomic E-state index is 11.8. The van der Waals surface area contributed by atoms with E-state index in [1.807, 2.05) is 6.92 Å². The number of aliphatic hydroxyl groups excluding tert-OH is 1. The summed E-state index contributed by atoms with van der Waals surface area (Å²) in [6.07, 6.45) is 0.653. The second-order valence-corrected chi connectivity index (χ2v) is 4.04. The molecule has 0 saturated carbocycles. The minimum Gasteiger partial charge on any atom is -0.389 e. The third-order valence-corrected chi connectivity index (χ3v) is 3.02. The minimum atomic E-state index is -0.284. The summed E-state index contributed by atoms with van der Waals surface area (Å²) in [5.74, 6) is 0.343. The fourth-order valence-electron chi connectivity index (χ4n) is 2.07. The molecule has 0 bridgehead atoms. The van der Waals surface area contributed by atoms with Crippen LogP contribution in [-0.4, -0.2) is 47.7 Å². The van der Waals surface area contributed by atoms with Crippen molar-refractivity contribution >= 4 is 5.91 Å². The van der Waals surface area contributed by atoms with E-state index >= 15 is 0 Å². The maximum absolute atomic E-state index is 11.8. The summed E-state index contributed by atoms with van der Waals surface area (Å²) >= 11 is 0. The average Bonchev–Trinajstić information content (AvgIpc) is 2.44. The second-order valence-electron chi connectivity index (χ2n) is 4.04. The maximum Gasteiger partial charge on any atom is 0.227 e. The molecule has 0 aliphatic carbocycles. The van der Waals surface area contributed by atoms with E-state index in [1.54, 1.807) is 4.90 Å². The summed E-state index contributed by atoms with van der Waals surface area (Å²) in [7, 11) is 0. The SMILES string of the molecule is CC1NCCC1C(=O)N1CC(O)C1. The van der Waals surface area contributed by atoms with Gasteiger partial charge in [0.25, 0.3) is 0 Å². The van der Waals surface area contributed by atoms with Gasteiger partial charge in [-0.2, -0.15) is 0 Å². The third-order valence-electron chi connectivity index (χ3n) is 3.02. The van der Waals surface area contributed by atoms with E-state index in [0.29, 0.717) is 19.1 Å². The van der Waals surface area contributed by atoms with Crippen molar-refractivity contribution in [3.8, 4) is 0 Å². The molecule has 2 unspecified atom stereocenters. The molecule has 74 valence electrons. The first-order valence-corrected chi connectivity index (χ1v) is 4.88. The number of carbonyl (C=O) groups excluding carboxylic acids is 1. The number of rotatable bonds is 1. The van der Waals surface area contributed by atoms with E-state index < -0.39 is 0 Å². The lowest BCUT2D eigenvalue weighted by Gasteiger charge is -2.38. The van der Waals surface area contributed by atoms with Gasteiger partial charge in [-0.25, -0.2) is 0 Å². The van der Waals surface area contributed by atoms with Crippen molar-refractivity contribution in [2.45, 2.75) is 25.5 Å². The summed E-state index contributed by atoms with van der Waals surface area (Å²) in [6.45, 7) is 4.05. The number of likely N-dealkylation sites (tertiary alicyclic amines) is 1. The van der Waals surface area contributed by atoms with Gasteiger partial charge in [-0.3, -0.25) is 4.79 Å². The number of hydrogen-bond acceptors (Lipinski definition) is 3. The molecule has 2 atom stereocenters. The second kappa shape index (κ2) is 3.27. The van der Waals surface area contributed by atoms with Crippen LogP contribution in [-0.2, 0) is 4.79 Å². The molecule has 0 aromatic heterocycles. The predicted octanol–water partition coefficient (Wildman–Crippen LogP) is -0.812. The normalized spacial score (nSPS) is 34.8. The molecule has 0 radical (unpaired) electrons. The minimum absolute atomic E-state index is 0.132. The molecule has 4 heteroatoms. The van der Waals surface area contributed by atoms with Crippen molar-refractivity contribution in [3.63, 3.8) is 0 Å². The predicted molar refractivity (Wildman–Crippen MR) is 48.2 cm³/mol. The Hall–Kier alpha value is -0.610. The van der Waals surface area contributed by atoms with Gasteiger partial charge in [-0.1, -0.05) is 0 Å². The lowest BCUT2D eigenvalue weighted by Crippen LogP contribution is -2.56. The lowest BCUT2D eigenvalue weighted by molar-refractivity contribution is -0.145. The zero-order valence-electron chi connectivity index (χ0n) is 7.86. The first-order valence-electron chi connectivity index (χ1n) is 4.88. The molecule has 4 nitrogen and oxygen atoms in total. The summed E-state index contributed by atoms with van der Waals surface area (Å²) < 4.78 is 0. The molecule has 0 aromatic rings. The molecule has 2 fully saturated rings. The van der Waals surface area contributed by atoms with Gasteiger partial charge in [0.2, 0.25) is 5.91 Å². The van der Waals surface area contributed by atoms with Crippen LogP contribution in [0.4, 0.5) is 0 Å². The molecule has 13 heavy (non-hydrogen) atoms. The molecular formula is C9H16N2O2. The largest absolute Gasteiger partial charge is 0.389 e. The zero-order chi connectivity index (χ0) is 9.42. The van der Waals surface area contributed by atoms with E-state index in [9.17, 15) is 4.79 Å². The summed E-state index contributed by atoms with van der Waals surface area (Å²) in [5.41, 5.74) is 0. The fraction of sp³-hybridized carbons (Fsp3) is 0.889. The summed E-state index contributed by atoms with van der Waals surface area (Å²) in [6, 6.07) is 0.297. The highest BCUT2D eigenvalue weighted by atomic mass is 16.3. The van der Waals surface area contributed by atoms with Crippen LogP contribution in [0.1, 0.15) is 13.3 Å². The highest BCUT2D eigenvalue weighted by molar-refractivity contribution is 5.80. The number of carbonyl (C=O) groups is 1. The number of hydrogen-bond donors (Lipinski definition) is 2. The first-order chi connectivity index (χ1) is 6.18. The molecule has 2 aliphatic heterocycles. The van der Waals surface area contributed by atoms with Crippen molar-refractivity contribution < 1.29 is 9.90 Å². The molecular weight excluding hydrogens is 168 g/mol. The molecule has 2 rings (SSSR count). The average molecular weight is 184 g/mol. The van der Waals surface area contributed by atoms with Crippen molar-refractivity contribution in [2.75, 3.05) is 19.6 Å². The summed E-state index contributed by atoms with van der Waals surface area (Å²) in [5, 5.41) is 12.3. The number of amides is 1. The van der Waals surface area contributed by atoms with Gasteiger partial charge in [0.05, 0.1) is 12.0 Å². The Labute approximate surface area is 77.9 Å². The highest BCUT2D eigenvalue weighted by Crippen LogP contribution is 2.21. The Kier molecular flexibility index (Phi) is 2.26. The van der Waals surface area contributed by atoms with Crippen LogP contribution >= 0.6 is 0 Å². The van der Waals surface area contributed by atoms with Crippen molar-refractivity contribution in [1.29, 1.82) is 0 Å². The Morgan fingerprint density at radius 1 is 1.54 bits per heavy atom. The molecule has 0 spiro atoms. The molecule has 2 N–H and O–H groups in total. The third kappa shape index (κ3) is 1.56. The summed E-state index contributed by atoms with van der Waals surface area (Å²) in [4.78, 5) is 13.5. The first kappa shape index (κ1) is 8.97. The number of nitrogens with one attached hydrogen (secondary N) is 1. The van der Waals surface area contributed by atoms with Gasteiger partial charge in [0.15, 0.2) is 0 Å². The molecule has 0 aromatic carbocycles. The molecule has 2 heterocycles. The Morgan fingerprint density at radius 3 is 2.69 bits per heavy atom. The van der Waals surface area contributed by atoms with E-state index in [2.05, 4.69) is 5.32 Å². The van der Waals surface area contributed by atoms with Gasteiger partial charge >= 0.3 is 0 Å². The molecule has 2 saturated heterocycles. The van der Waals surface area contributed by atoms with Crippen molar-refractivity contribution in [3.05, 3.63) is 0 Å². The number of nitrogens with zero attached hydrogens (tertiary/aromatic N) is 1. The fourth-order valence-corrected chi connectivity index (χ4v) is 2.07. The van der Waals surface area contributed by atoms with Crippen LogP contribution in [0.3, 0.4) is 0 Å². The molecule has 1 amide bonds. The van der Waals surface area contributed by atoms with Gasteiger partial charge < -0.3 is 15.3 Å². The highest BCUT2D eigenvalue weighted by Gasteiger charge is 2.37. The quantitative estimate of drug-likeness (QED) is 0.560.